The van der Waals surface area contributed by atoms with Crippen LogP contribution in [0.5, 0.6) is 0 Å². The fourth-order valence-electron chi connectivity index (χ4n) is 1.69. The molecular formula is C15H24N2O3S. The fraction of sp³-hybridized carbons (Fsp3) is 0.600. The van der Waals surface area contributed by atoms with E-state index < -0.39 is 0 Å². The fourth-order valence-corrected chi connectivity index (χ4v) is 2.73. The standard InChI is InChI=1S/C15H24N2O3S/c1-10(2)13(18)7-6-11-8-12(16-9-17(3)4)14(21-11)15(19)20-5/h8-10,13,18H,6-7H2,1-5H3. The quantitative estimate of drug-likeness (QED) is 0.478. The lowest BCUT2D eigenvalue weighted by Crippen LogP contribution is -2.14. The molecule has 0 bridgehead atoms. The lowest BCUT2D eigenvalue weighted by Gasteiger charge is -2.12. The Bertz CT molecular complexity index is 495. The normalized spacial score (nSPS) is 12.9. The highest BCUT2D eigenvalue weighted by Crippen LogP contribution is 2.31. The van der Waals surface area contributed by atoms with Crippen molar-refractivity contribution in [2.75, 3.05) is 21.2 Å². The Morgan fingerprint density at radius 2 is 2.19 bits per heavy atom. The zero-order valence-corrected chi connectivity index (χ0v) is 14.1. The van der Waals surface area contributed by atoms with E-state index in [0.717, 1.165) is 11.3 Å². The maximum atomic E-state index is 11.8. The molecule has 1 N–H and O–H groups in total. The summed E-state index contributed by atoms with van der Waals surface area (Å²) in [5.41, 5.74) is 0.620. The molecule has 0 fully saturated rings. The molecule has 21 heavy (non-hydrogen) atoms. The molecule has 1 unspecified atom stereocenters. The Kier molecular flexibility index (Phi) is 6.84. The van der Waals surface area contributed by atoms with Crippen molar-refractivity contribution in [2.45, 2.75) is 32.8 Å². The number of nitrogens with zero attached hydrogens (tertiary/aromatic N) is 2. The van der Waals surface area contributed by atoms with Crippen molar-refractivity contribution in [3.05, 3.63) is 15.8 Å². The zero-order chi connectivity index (χ0) is 16.0. The highest BCUT2D eigenvalue weighted by molar-refractivity contribution is 7.14. The molecule has 0 aliphatic heterocycles. The molecule has 0 spiro atoms. The summed E-state index contributed by atoms with van der Waals surface area (Å²) in [5, 5.41) is 9.87. The monoisotopic (exact) mass is 312 g/mol. The maximum Gasteiger partial charge on any atom is 0.350 e. The number of aliphatic hydroxyl groups excluding tert-OH is 1. The summed E-state index contributed by atoms with van der Waals surface area (Å²) in [7, 11) is 5.10. The second-order valence-electron chi connectivity index (χ2n) is 5.48. The van der Waals surface area contributed by atoms with Crippen LogP contribution in [0.1, 0.15) is 34.8 Å². The van der Waals surface area contributed by atoms with Crippen LogP contribution in [-0.2, 0) is 11.2 Å². The van der Waals surface area contributed by atoms with E-state index in [4.69, 9.17) is 4.74 Å². The van der Waals surface area contributed by atoms with Gasteiger partial charge in [-0.15, -0.1) is 11.3 Å². The smallest absolute Gasteiger partial charge is 0.350 e. The van der Waals surface area contributed by atoms with E-state index in [1.54, 1.807) is 11.2 Å². The Morgan fingerprint density at radius 3 is 2.71 bits per heavy atom. The number of hydrogen-bond acceptors (Lipinski definition) is 5. The molecule has 0 aliphatic carbocycles. The van der Waals surface area contributed by atoms with Gasteiger partial charge in [-0.3, -0.25) is 0 Å². The number of esters is 1. The minimum absolute atomic E-state index is 0.233. The minimum atomic E-state index is -0.374. The van der Waals surface area contributed by atoms with Crippen LogP contribution < -0.4 is 0 Å². The van der Waals surface area contributed by atoms with Crippen molar-refractivity contribution in [3.8, 4) is 0 Å². The van der Waals surface area contributed by atoms with E-state index >= 15 is 0 Å². The highest BCUT2D eigenvalue weighted by Gasteiger charge is 2.17. The first kappa shape index (κ1) is 17.7. The number of thiophene rings is 1. The van der Waals surface area contributed by atoms with E-state index in [9.17, 15) is 9.90 Å². The largest absolute Gasteiger partial charge is 0.465 e. The number of aliphatic imine (C=N–C) groups is 1. The van der Waals surface area contributed by atoms with Crippen LogP contribution >= 0.6 is 11.3 Å². The number of hydrogen-bond donors (Lipinski definition) is 1. The van der Waals surface area contributed by atoms with Gasteiger partial charge in [-0.25, -0.2) is 9.79 Å². The molecule has 1 atom stereocenters. The predicted octanol–water partition coefficient (Wildman–Crippen LogP) is 2.71. The first-order valence-corrected chi connectivity index (χ1v) is 7.76. The number of methoxy groups -OCH3 is 1. The van der Waals surface area contributed by atoms with Crippen LogP contribution in [0.4, 0.5) is 5.69 Å². The second-order valence-corrected chi connectivity index (χ2v) is 6.61. The van der Waals surface area contributed by atoms with Gasteiger partial charge >= 0.3 is 5.97 Å². The number of ether oxygens (including phenoxy) is 1. The molecule has 1 rings (SSSR count). The van der Waals surface area contributed by atoms with E-state index in [-0.39, 0.29) is 18.0 Å². The van der Waals surface area contributed by atoms with Gasteiger partial charge in [0.15, 0.2) is 0 Å². The Hall–Kier alpha value is -1.40. The molecule has 0 aromatic carbocycles. The van der Waals surface area contributed by atoms with E-state index in [1.807, 2.05) is 34.0 Å². The van der Waals surface area contributed by atoms with Crippen LogP contribution in [0, 0.1) is 5.92 Å². The number of aryl methyl sites for hydroxylation is 1. The van der Waals surface area contributed by atoms with Crippen molar-refractivity contribution in [1.82, 2.24) is 4.90 Å². The summed E-state index contributed by atoms with van der Waals surface area (Å²) in [4.78, 5) is 19.4. The first-order chi connectivity index (χ1) is 9.85. The molecule has 0 radical (unpaired) electrons. The summed E-state index contributed by atoms with van der Waals surface area (Å²) >= 11 is 1.38. The van der Waals surface area contributed by atoms with Crippen molar-refractivity contribution in [2.24, 2.45) is 10.9 Å². The van der Waals surface area contributed by atoms with Gasteiger partial charge in [0.05, 0.1) is 25.2 Å². The van der Waals surface area contributed by atoms with Crippen LogP contribution in [0.3, 0.4) is 0 Å². The lowest BCUT2D eigenvalue weighted by atomic mass is 10.0. The summed E-state index contributed by atoms with van der Waals surface area (Å²) in [6.45, 7) is 3.98. The second kappa shape index (κ2) is 8.14. The third-order valence-corrected chi connectivity index (χ3v) is 4.18. The summed E-state index contributed by atoms with van der Waals surface area (Å²) in [6.07, 6.45) is 2.73. The van der Waals surface area contributed by atoms with Gasteiger partial charge in [0.1, 0.15) is 4.88 Å². The molecule has 0 amide bonds. The predicted molar refractivity (Wildman–Crippen MR) is 86.7 cm³/mol. The van der Waals surface area contributed by atoms with E-state index in [2.05, 4.69) is 4.99 Å². The van der Waals surface area contributed by atoms with Gasteiger partial charge in [0.2, 0.25) is 0 Å². The topological polar surface area (TPSA) is 62.1 Å². The summed E-state index contributed by atoms with van der Waals surface area (Å²) in [6, 6.07) is 1.89. The summed E-state index contributed by atoms with van der Waals surface area (Å²) in [5.74, 6) is -0.141. The Morgan fingerprint density at radius 1 is 1.52 bits per heavy atom. The molecule has 0 aliphatic rings. The average Bonchev–Trinajstić information content (AvgIpc) is 2.84. The molecule has 6 heteroatoms. The molecule has 5 nitrogen and oxygen atoms in total. The van der Waals surface area contributed by atoms with Gasteiger partial charge in [0, 0.05) is 19.0 Å². The summed E-state index contributed by atoms with van der Waals surface area (Å²) < 4.78 is 4.80. The Balaban J connectivity index is 2.89. The van der Waals surface area contributed by atoms with Crippen molar-refractivity contribution >= 4 is 29.3 Å². The van der Waals surface area contributed by atoms with Gasteiger partial charge in [0.25, 0.3) is 0 Å². The molecule has 1 aromatic heterocycles. The van der Waals surface area contributed by atoms with Gasteiger partial charge < -0.3 is 14.7 Å². The average molecular weight is 312 g/mol. The van der Waals surface area contributed by atoms with E-state index in [0.29, 0.717) is 17.0 Å². The van der Waals surface area contributed by atoms with Crippen LogP contribution in [0.25, 0.3) is 0 Å². The third-order valence-electron chi connectivity index (χ3n) is 3.02. The number of carbonyl (C=O) groups excluding carboxylic acids is 1. The maximum absolute atomic E-state index is 11.8. The SMILES string of the molecule is COC(=O)c1sc(CCC(O)C(C)C)cc1N=CN(C)C. The number of aliphatic hydroxyl groups is 1. The van der Waals surface area contributed by atoms with Crippen molar-refractivity contribution < 1.29 is 14.6 Å². The highest BCUT2D eigenvalue weighted by atomic mass is 32.1. The van der Waals surface area contributed by atoms with Crippen molar-refractivity contribution in [3.63, 3.8) is 0 Å². The first-order valence-electron chi connectivity index (χ1n) is 6.94. The lowest BCUT2D eigenvalue weighted by molar-refractivity contribution is 0.0607. The molecular weight excluding hydrogens is 288 g/mol. The van der Waals surface area contributed by atoms with E-state index in [1.165, 1.54) is 18.4 Å². The van der Waals surface area contributed by atoms with Crippen LogP contribution in [0.2, 0.25) is 0 Å². The van der Waals surface area contributed by atoms with Crippen LogP contribution in [-0.4, -0.2) is 49.6 Å². The molecule has 0 saturated heterocycles. The van der Waals surface area contributed by atoms with Gasteiger partial charge in [-0.05, 0) is 24.8 Å². The molecule has 118 valence electrons. The Labute approximate surface area is 130 Å². The van der Waals surface area contributed by atoms with Gasteiger partial charge in [-0.1, -0.05) is 13.8 Å². The molecule has 1 heterocycles. The van der Waals surface area contributed by atoms with Crippen molar-refractivity contribution in [1.29, 1.82) is 0 Å². The molecule has 1 aromatic rings. The minimum Gasteiger partial charge on any atom is -0.465 e. The zero-order valence-electron chi connectivity index (χ0n) is 13.3. The van der Waals surface area contributed by atoms with Crippen LogP contribution in [0.15, 0.2) is 11.1 Å². The number of rotatable bonds is 7. The molecule has 0 saturated carbocycles. The van der Waals surface area contributed by atoms with Gasteiger partial charge in [-0.2, -0.15) is 0 Å². The number of carbonyl (C=O) groups is 1. The third kappa shape index (κ3) is 5.47.